The molecule has 0 aromatic heterocycles. The van der Waals surface area contributed by atoms with Crippen LogP contribution in [0.25, 0.3) is 0 Å². The number of nitrogens with one attached hydrogen (secondary N) is 2. The Morgan fingerprint density at radius 3 is 2.79 bits per heavy atom. The highest BCUT2D eigenvalue weighted by molar-refractivity contribution is 5.85. The van der Waals surface area contributed by atoms with E-state index in [0.717, 1.165) is 18.5 Å². The van der Waals surface area contributed by atoms with E-state index in [1.54, 1.807) is 0 Å². The standard InChI is InChI=1S/C14H20N2O2.ClH/c17-14(16-10-13-8-4-5-9-15-13)18-11-12-6-2-1-3-7-12;/h1-3,6-7,13,15H,4-5,8-11H2,(H,16,17);1H/t13-;/m0./s1. The van der Waals surface area contributed by atoms with Crippen LogP contribution < -0.4 is 10.6 Å². The third kappa shape index (κ3) is 5.94. The van der Waals surface area contributed by atoms with Crippen LogP contribution >= 0.6 is 12.4 Å². The Bertz CT molecular complexity index is 367. The molecule has 1 atom stereocenters. The van der Waals surface area contributed by atoms with Gasteiger partial charge in [0.05, 0.1) is 0 Å². The molecular weight excluding hydrogens is 264 g/mol. The first-order valence-electron chi connectivity index (χ1n) is 6.52. The second-order valence-corrected chi connectivity index (χ2v) is 4.59. The predicted molar refractivity (Wildman–Crippen MR) is 77.5 cm³/mol. The normalized spacial score (nSPS) is 18.2. The van der Waals surface area contributed by atoms with Crippen molar-refractivity contribution in [3.05, 3.63) is 35.9 Å². The summed E-state index contributed by atoms with van der Waals surface area (Å²) in [7, 11) is 0. The van der Waals surface area contributed by atoms with E-state index in [9.17, 15) is 4.79 Å². The van der Waals surface area contributed by atoms with Gasteiger partial charge in [-0.1, -0.05) is 36.8 Å². The number of hydrogen-bond donors (Lipinski definition) is 2. The SMILES string of the molecule is Cl.O=C(NC[C@@H]1CCCCN1)OCc1ccccc1. The summed E-state index contributed by atoms with van der Waals surface area (Å²) in [5.74, 6) is 0. The number of piperidine rings is 1. The first-order chi connectivity index (χ1) is 8.84. The minimum atomic E-state index is -0.341. The zero-order chi connectivity index (χ0) is 12.6. The zero-order valence-corrected chi connectivity index (χ0v) is 11.7. The molecule has 1 aliphatic rings. The van der Waals surface area contributed by atoms with Crippen LogP contribution in [0.2, 0.25) is 0 Å². The summed E-state index contributed by atoms with van der Waals surface area (Å²) in [6.45, 7) is 2.02. The fraction of sp³-hybridized carbons (Fsp3) is 0.500. The van der Waals surface area contributed by atoms with Gasteiger partial charge in [0.15, 0.2) is 0 Å². The molecule has 0 radical (unpaired) electrons. The van der Waals surface area contributed by atoms with Gasteiger partial charge in [0.25, 0.3) is 0 Å². The van der Waals surface area contributed by atoms with E-state index in [4.69, 9.17) is 4.74 Å². The summed E-state index contributed by atoms with van der Waals surface area (Å²) in [6, 6.07) is 10.1. The lowest BCUT2D eigenvalue weighted by atomic mass is 10.1. The Kier molecular flexibility index (Phi) is 7.30. The molecule has 2 rings (SSSR count). The van der Waals surface area contributed by atoms with E-state index in [-0.39, 0.29) is 18.5 Å². The third-order valence-electron chi connectivity index (χ3n) is 3.12. The maximum atomic E-state index is 11.5. The van der Waals surface area contributed by atoms with Gasteiger partial charge in [-0.05, 0) is 24.9 Å². The summed E-state index contributed by atoms with van der Waals surface area (Å²) in [4.78, 5) is 11.5. The number of halogens is 1. The predicted octanol–water partition coefficient (Wildman–Crippen LogP) is 2.48. The molecular formula is C14H21ClN2O2. The maximum absolute atomic E-state index is 11.5. The Labute approximate surface area is 120 Å². The van der Waals surface area contributed by atoms with Gasteiger partial charge < -0.3 is 15.4 Å². The van der Waals surface area contributed by atoms with Crippen LogP contribution in [0.1, 0.15) is 24.8 Å². The van der Waals surface area contributed by atoms with Gasteiger partial charge in [-0.2, -0.15) is 0 Å². The molecule has 0 saturated carbocycles. The minimum Gasteiger partial charge on any atom is -0.445 e. The zero-order valence-electron chi connectivity index (χ0n) is 10.9. The van der Waals surface area contributed by atoms with Crippen molar-refractivity contribution in [2.45, 2.75) is 31.9 Å². The number of carbonyl (C=O) groups excluding carboxylic acids is 1. The second-order valence-electron chi connectivity index (χ2n) is 4.59. The van der Waals surface area contributed by atoms with Crippen molar-refractivity contribution in [3.8, 4) is 0 Å². The number of amides is 1. The quantitative estimate of drug-likeness (QED) is 0.893. The maximum Gasteiger partial charge on any atom is 0.407 e. The monoisotopic (exact) mass is 284 g/mol. The molecule has 106 valence electrons. The summed E-state index contributed by atoms with van der Waals surface area (Å²) in [5, 5.41) is 6.18. The molecule has 1 aromatic carbocycles. The van der Waals surface area contributed by atoms with Gasteiger partial charge in [-0.15, -0.1) is 12.4 Å². The Morgan fingerprint density at radius 2 is 2.11 bits per heavy atom. The molecule has 4 nitrogen and oxygen atoms in total. The Balaban J connectivity index is 0.00000180. The number of alkyl carbamates (subject to hydrolysis) is 1. The average molecular weight is 285 g/mol. The van der Waals surface area contributed by atoms with Crippen molar-refractivity contribution >= 4 is 18.5 Å². The Morgan fingerprint density at radius 1 is 1.32 bits per heavy atom. The molecule has 0 aliphatic carbocycles. The molecule has 19 heavy (non-hydrogen) atoms. The molecule has 1 fully saturated rings. The average Bonchev–Trinajstić information content (AvgIpc) is 2.45. The molecule has 2 N–H and O–H groups in total. The number of benzene rings is 1. The van der Waals surface area contributed by atoms with Crippen LogP contribution in [-0.2, 0) is 11.3 Å². The highest BCUT2D eigenvalue weighted by atomic mass is 35.5. The summed E-state index contributed by atoms with van der Waals surface area (Å²) in [5.41, 5.74) is 1.00. The van der Waals surface area contributed by atoms with Crippen LogP contribution in [0.3, 0.4) is 0 Å². The molecule has 0 spiro atoms. The number of ether oxygens (including phenoxy) is 1. The molecule has 1 saturated heterocycles. The fourth-order valence-corrected chi connectivity index (χ4v) is 2.08. The first-order valence-corrected chi connectivity index (χ1v) is 6.52. The van der Waals surface area contributed by atoms with Crippen LogP contribution in [0.5, 0.6) is 0 Å². The van der Waals surface area contributed by atoms with Crippen molar-refractivity contribution in [2.24, 2.45) is 0 Å². The molecule has 1 heterocycles. The fourth-order valence-electron chi connectivity index (χ4n) is 2.08. The van der Waals surface area contributed by atoms with Gasteiger partial charge in [0.2, 0.25) is 0 Å². The molecule has 0 bridgehead atoms. The van der Waals surface area contributed by atoms with E-state index in [1.807, 2.05) is 30.3 Å². The summed E-state index contributed by atoms with van der Waals surface area (Å²) in [6.07, 6.45) is 3.25. The van der Waals surface area contributed by atoms with Crippen molar-refractivity contribution in [2.75, 3.05) is 13.1 Å². The van der Waals surface area contributed by atoms with Gasteiger partial charge in [0, 0.05) is 12.6 Å². The third-order valence-corrected chi connectivity index (χ3v) is 3.12. The molecule has 0 unspecified atom stereocenters. The van der Waals surface area contributed by atoms with Crippen molar-refractivity contribution in [3.63, 3.8) is 0 Å². The van der Waals surface area contributed by atoms with Crippen molar-refractivity contribution in [1.29, 1.82) is 0 Å². The van der Waals surface area contributed by atoms with Crippen LogP contribution in [0, 0.1) is 0 Å². The lowest BCUT2D eigenvalue weighted by Gasteiger charge is -2.23. The van der Waals surface area contributed by atoms with Crippen LogP contribution in [0.15, 0.2) is 30.3 Å². The van der Waals surface area contributed by atoms with Gasteiger partial charge >= 0.3 is 6.09 Å². The molecule has 1 amide bonds. The molecule has 1 aliphatic heterocycles. The summed E-state index contributed by atoms with van der Waals surface area (Å²) < 4.78 is 5.14. The molecule has 1 aromatic rings. The van der Waals surface area contributed by atoms with E-state index < -0.39 is 0 Å². The van der Waals surface area contributed by atoms with Gasteiger partial charge in [0.1, 0.15) is 6.61 Å². The van der Waals surface area contributed by atoms with E-state index in [1.165, 1.54) is 12.8 Å². The minimum absolute atomic E-state index is 0. The lowest BCUT2D eigenvalue weighted by Crippen LogP contribution is -2.43. The largest absolute Gasteiger partial charge is 0.445 e. The number of hydrogen-bond acceptors (Lipinski definition) is 3. The number of carbonyl (C=O) groups is 1. The van der Waals surface area contributed by atoms with E-state index in [2.05, 4.69) is 10.6 Å². The topological polar surface area (TPSA) is 50.4 Å². The van der Waals surface area contributed by atoms with Gasteiger partial charge in [-0.3, -0.25) is 0 Å². The van der Waals surface area contributed by atoms with Crippen molar-refractivity contribution < 1.29 is 9.53 Å². The van der Waals surface area contributed by atoms with Crippen molar-refractivity contribution in [1.82, 2.24) is 10.6 Å². The van der Waals surface area contributed by atoms with Crippen LogP contribution in [-0.4, -0.2) is 25.2 Å². The number of rotatable bonds is 4. The van der Waals surface area contributed by atoms with E-state index >= 15 is 0 Å². The lowest BCUT2D eigenvalue weighted by molar-refractivity contribution is 0.138. The summed E-state index contributed by atoms with van der Waals surface area (Å²) >= 11 is 0. The smallest absolute Gasteiger partial charge is 0.407 e. The highest BCUT2D eigenvalue weighted by Crippen LogP contribution is 2.06. The Hall–Kier alpha value is -1.26. The van der Waals surface area contributed by atoms with Crippen LogP contribution in [0.4, 0.5) is 4.79 Å². The molecule has 5 heteroatoms. The van der Waals surface area contributed by atoms with E-state index in [0.29, 0.717) is 19.2 Å². The second kappa shape index (κ2) is 8.77. The van der Waals surface area contributed by atoms with Gasteiger partial charge in [-0.25, -0.2) is 4.79 Å². The first kappa shape index (κ1) is 15.8. The highest BCUT2D eigenvalue weighted by Gasteiger charge is 2.13.